The number of rotatable bonds is 5. The van der Waals surface area contributed by atoms with Crippen LogP contribution in [-0.2, 0) is 6.54 Å². The van der Waals surface area contributed by atoms with Gasteiger partial charge in [0.25, 0.3) is 6.43 Å². The zero-order valence-electron chi connectivity index (χ0n) is 9.23. The summed E-state index contributed by atoms with van der Waals surface area (Å²) in [5.41, 5.74) is 7.34. The minimum Gasteiger partial charge on any atom is -0.471 e. The lowest BCUT2D eigenvalue weighted by Crippen LogP contribution is -2.10. The van der Waals surface area contributed by atoms with Gasteiger partial charge in [-0.15, -0.1) is 12.4 Å². The van der Waals surface area contributed by atoms with Gasteiger partial charge in [-0.1, -0.05) is 0 Å². The smallest absolute Gasteiger partial charge is 0.272 e. The van der Waals surface area contributed by atoms with E-state index in [4.69, 9.17) is 10.5 Å². The summed E-state index contributed by atoms with van der Waals surface area (Å²) < 4.78 is 29.1. The van der Waals surface area contributed by atoms with E-state index in [9.17, 15) is 8.78 Å². The number of alkyl halides is 2. The van der Waals surface area contributed by atoms with Crippen LogP contribution in [0.4, 0.5) is 8.78 Å². The molecule has 0 saturated heterocycles. The van der Waals surface area contributed by atoms with Crippen LogP contribution in [0.2, 0.25) is 0 Å². The van der Waals surface area contributed by atoms with Crippen molar-refractivity contribution in [3.05, 3.63) is 23.4 Å². The maximum absolute atomic E-state index is 12.0. The van der Waals surface area contributed by atoms with Crippen molar-refractivity contribution in [3.8, 4) is 5.88 Å². The van der Waals surface area contributed by atoms with E-state index in [1.165, 1.54) is 0 Å². The number of hydrogen-bond donors (Lipinski definition) is 1. The number of halogens is 3. The maximum Gasteiger partial charge on any atom is 0.272 e. The third kappa shape index (κ3) is 3.78. The molecule has 96 valence electrons. The highest BCUT2D eigenvalue weighted by molar-refractivity contribution is 5.85. The van der Waals surface area contributed by atoms with Crippen molar-refractivity contribution in [1.29, 1.82) is 0 Å². The molecule has 0 bridgehead atoms. The number of nitrogens with zero attached hydrogens (tertiary/aromatic N) is 1. The molecule has 1 aromatic heterocycles. The van der Waals surface area contributed by atoms with Crippen molar-refractivity contribution in [2.45, 2.75) is 31.7 Å². The molecule has 1 aromatic rings. The monoisotopic (exact) mass is 264 g/mol. The lowest BCUT2D eigenvalue weighted by Gasteiger charge is -2.10. The molecule has 0 radical (unpaired) electrons. The fourth-order valence-electron chi connectivity index (χ4n) is 1.58. The molecule has 0 aromatic carbocycles. The summed E-state index contributed by atoms with van der Waals surface area (Å²) in [6.07, 6.45) is 1.25. The molecular weight excluding hydrogens is 250 g/mol. The summed E-state index contributed by atoms with van der Waals surface area (Å²) in [5, 5.41) is 0. The van der Waals surface area contributed by atoms with Crippen LogP contribution >= 0.6 is 12.4 Å². The van der Waals surface area contributed by atoms with Gasteiger partial charge in [0, 0.05) is 18.3 Å². The van der Waals surface area contributed by atoms with Gasteiger partial charge in [0.05, 0.1) is 0 Å². The molecule has 1 aliphatic rings. The normalized spacial score (nSPS) is 14.6. The van der Waals surface area contributed by atoms with Gasteiger partial charge in [-0.25, -0.2) is 13.8 Å². The molecule has 6 heteroatoms. The van der Waals surface area contributed by atoms with E-state index in [1.807, 2.05) is 6.07 Å². The predicted octanol–water partition coefficient (Wildman–Crippen LogP) is 2.48. The van der Waals surface area contributed by atoms with E-state index in [-0.39, 0.29) is 12.4 Å². The lowest BCUT2D eigenvalue weighted by atomic mass is 10.1. The first kappa shape index (κ1) is 14.1. The van der Waals surface area contributed by atoms with Crippen molar-refractivity contribution >= 4 is 12.4 Å². The third-order valence-corrected chi connectivity index (χ3v) is 2.53. The first-order valence-corrected chi connectivity index (χ1v) is 5.30. The van der Waals surface area contributed by atoms with Crippen LogP contribution in [0.5, 0.6) is 5.88 Å². The molecule has 3 nitrogen and oxygen atoms in total. The number of pyridine rings is 1. The second-order valence-corrected chi connectivity index (χ2v) is 3.92. The van der Waals surface area contributed by atoms with Crippen LogP contribution in [0.1, 0.15) is 29.9 Å². The van der Waals surface area contributed by atoms with Gasteiger partial charge in [-0.3, -0.25) is 0 Å². The van der Waals surface area contributed by atoms with Gasteiger partial charge in [0.15, 0.2) is 6.61 Å². The van der Waals surface area contributed by atoms with Gasteiger partial charge in [0.2, 0.25) is 5.88 Å². The van der Waals surface area contributed by atoms with Gasteiger partial charge in [0.1, 0.15) is 0 Å². The Morgan fingerprint density at radius 1 is 1.47 bits per heavy atom. The maximum atomic E-state index is 12.0. The predicted molar refractivity (Wildman–Crippen MR) is 62.9 cm³/mol. The molecule has 2 N–H and O–H groups in total. The van der Waals surface area contributed by atoms with Crippen LogP contribution < -0.4 is 10.5 Å². The number of aromatic nitrogens is 1. The highest BCUT2D eigenvalue weighted by Crippen LogP contribution is 2.43. The molecule has 0 aliphatic heterocycles. The summed E-state index contributed by atoms with van der Waals surface area (Å²) in [6.45, 7) is -0.198. The molecule has 0 spiro atoms. The molecule has 0 atom stereocenters. The van der Waals surface area contributed by atoms with Crippen molar-refractivity contribution in [2.75, 3.05) is 6.61 Å². The Morgan fingerprint density at radius 2 is 2.18 bits per heavy atom. The second kappa shape index (κ2) is 6.12. The molecule has 17 heavy (non-hydrogen) atoms. The minimum atomic E-state index is -2.47. The summed E-state index contributed by atoms with van der Waals surface area (Å²) in [4.78, 5) is 4.05. The molecule has 2 rings (SSSR count). The molecule has 0 amide bonds. The number of nitrogens with two attached hydrogens (primary N) is 1. The van der Waals surface area contributed by atoms with Gasteiger partial charge in [-0.05, 0) is 30.4 Å². The minimum absolute atomic E-state index is 0. The molecule has 1 heterocycles. The van der Waals surface area contributed by atoms with Gasteiger partial charge >= 0.3 is 0 Å². The Morgan fingerprint density at radius 3 is 2.71 bits per heavy atom. The van der Waals surface area contributed by atoms with Gasteiger partial charge in [-0.2, -0.15) is 0 Å². The van der Waals surface area contributed by atoms with Crippen LogP contribution in [-0.4, -0.2) is 18.0 Å². The SMILES string of the molecule is Cl.NCc1cnc(OCC(F)F)c(C2CC2)c1. The Bertz CT molecular complexity index is 372. The largest absolute Gasteiger partial charge is 0.471 e. The van der Waals surface area contributed by atoms with Crippen molar-refractivity contribution in [1.82, 2.24) is 4.98 Å². The van der Waals surface area contributed by atoms with Crippen molar-refractivity contribution < 1.29 is 13.5 Å². The lowest BCUT2D eigenvalue weighted by molar-refractivity contribution is 0.0790. The molecular formula is C11H15ClF2N2O. The van der Waals surface area contributed by atoms with Crippen LogP contribution in [0.3, 0.4) is 0 Å². The van der Waals surface area contributed by atoms with E-state index in [0.29, 0.717) is 18.3 Å². The first-order valence-electron chi connectivity index (χ1n) is 5.30. The average molecular weight is 265 g/mol. The Kier molecular flexibility index (Phi) is 5.08. The fraction of sp³-hybridized carbons (Fsp3) is 0.545. The van der Waals surface area contributed by atoms with Gasteiger partial charge < -0.3 is 10.5 Å². The van der Waals surface area contributed by atoms with E-state index < -0.39 is 13.0 Å². The van der Waals surface area contributed by atoms with E-state index in [1.54, 1.807) is 6.20 Å². The Labute approximate surface area is 105 Å². The molecule has 1 fully saturated rings. The Hall–Kier alpha value is -0.940. The molecule has 1 saturated carbocycles. The van der Waals surface area contributed by atoms with E-state index in [0.717, 1.165) is 24.0 Å². The zero-order chi connectivity index (χ0) is 11.5. The standard InChI is InChI=1S/C11H14F2N2O.ClH/c12-10(13)6-16-11-9(8-1-2-8)3-7(4-14)5-15-11;/h3,5,8,10H,1-2,4,6,14H2;1H. The molecule has 1 aliphatic carbocycles. The third-order valence-electron chi connectivity index (χ3n) is 2.53. The quantitative estimate of drug-likeness (QED) is 0.889. The summed E-state index contributed by atoms with van der Waals surface area (Å²) in [7, 11) is 0. The highest BCUT2D eigenvalue weighted by Gasteiger charge is 2.28. The number of hydrogen-bond acceptors (Lipinski definition) is 3. The van der Waals surface area contributed by atoms with E-state index >= 15 is 0 Å². The topological polar surface area (TPSA) is 48.1 Å². The second-order valence-electron chi connectivity index (χ2n) is 3.92. The number of ether oxygens (including phenoxy) is 1. The van der Waals surface area contributed by atoms with Crippen molar-refractivity contribution in [2.24, 2.45) is 5.73 Å². The van der Waals surface area contributed by atoms with Crippen LogP contribution in [0, 0.1) is 0 Å². The average Bonchev–Trinajstić information content (AvgIpc) is 3.10. The van der Waals surface area contributed by atoms with Crippen molar-refractivity contribution in [3.63, 3.8) is 0 Å². The van der Waals surface area contributed by atoms with Crippen LogP contribution in [0.25, 0.3) is 0 Å². The molecule has 0 unspecified atom stereocenters. The summed E-state index contributed by atoms with van der Waals surface area (Å²) in [5.74, 6) is 0.742. The summed E-state index contributed by atoms with van der Waals surface area (Å²) in [6, 6.07) is 1.91. The Balaban J connectivity index is 0.00000144. The summed E-state index contributed by atoms with van der Waals surface area (Å²) >= 11 is 0. The fourth-order valence-corrected chi connectivity index (χ4v) is 1.58. The highest BCUT2D eigenvalue weighted by atomic mass is 35.5. The van der Waals surface area contributed by atoms with Crippen LogP contribution in [0.15, 0.2) is 12.3 Å². The van der Waals surface area contributed by atoms with E-state index in [2.05, 4.69) is 4.98 Å². The first-order chi connectivity index (χ1) is 7.70. The zero-order valence-corrected chi connectivity index (χ0v) is 10.1.